The zero-order chi connectivity index (χ0) is 13.9. The molecule has 0 saturated carbocycles. The number of anilines is 1. The molecule has 2 aromatic heterocycles. The normalized spacial score (nSPS) is 11.1. The second-order valence-electron chi connectivity index (χ2n) is 4.78. The second kappa shape index (κ2) is 5.01. The van der Waals surface area contributed by atoms with Crippen molar-refractivity contribution in [1.82, 2.24) is 25.2 Å². The van der Waals surface area contributed by atoms with Crippen LogP contribution in [-0.4, -0.2) is 36.9 Å². The first-order valence-corrected chi connectivity index (χ1v) is 5.63. The van der Waals surface area contributed by atoms with E-state index in [1.54, 1.807) is 39.1 Å². The maximum absolute atomic E-state index is 11.5. The van der Waals surface area contributed by atoms with Crippen LogP contribution in [0.4, 0.5) is 10.6 Å². The molecule has 1 amide bonds. The molecule has 1 N–H and O–H groups in total. The minimum Gasteiger partial charge on any atom is -0.444 e. The standard InChI is InChI=1S/C11H14N6O2/c1-11(2,3)19-10(18)14-9-5-4-8(6-12-9)17-7-13-15-16-17/h4-7H,1-3H3,(H,12,14,18). The third-order valence-corrected chi connectivity index (χ3v) is 1.99. The number of rotatable bonds is 2. The van der Waals surface area contributed by atoms with Gasteiger partial charge in [0.15, 0.2) is 0 Å². The molecule has 2 aromatic rings. The van der Waals surface area contributed by atoms with Gasteiger partial charge in [0.25, 0.3) is 0 Å². The van der Waals surface area contributed by atoms with Gasteiger partial charge in [-0.15, -0.1) is 5.10 Å². The van der Waals surface area contributed by atoms with Gasteiger partial charge >= 0.3 is 6.09 Å². The minimum absolute atomic E-state index is 0.395. The highest BCUT2D eigenvalue weighted by Gasteiger charge is 2.16. The smallest absolute Gasteiger partial charge is 0.413 e. The van der Waals surface area contributed by atoms with Crippen LogP contribution in [-0.2, 0) is 4.74 Å². The quantitative estimate of drug-likeness (QED) is 0.879. The van der Waals surface area contributed by atoms with E-state index in [1.807, 2.05) is 0 Å². The second-order valence-corrected chi connectivity index (χ2v) is 4.78. The lowest BCUT2D eigenvalue weighted by Gasteiger charge is -2.19. The van der Waals surface area contributed by atoms with Crippen LogP contribution >= 0.6 is 0 Å². The molecule has 0 aliphatic rings. The zero-order valence-corrected chi connectivity index (χ0v) is 10.9. The monoisotopic (exact) mass is 262 g/mol. The van der Waals surface area contributed by atoms with E-state index in [-0.39, 0.29) is 0 Å². The molecule has 0 aliphatic heterocycles. The van der Waals surface area contributed by atoms with Gasteiger partial charge in [-0.05, 0) is 43.3 Å². The van der Waals surface area contributed by atoms with Gasteiger partial charge in [0.2, 0.25) is 0 Å². The SMILES string of the molecule is CC(C)(C)OC(=O)Nc1ccc(-n2cnnn2)cn1. The topological polar surface area (TPSA) is 94.8 Å². The van der Waals surface area contributed by atoms with Crippen LogP contribution in [0.1, 0.15) is 20.8 Å². The maximum atomic E-state index is 11.5. The summed E-state index contributed by atoms with van der Waals surface area (Å²) in [6.45, 7) is 5.38. The fourth-order valence-corrected chi connectivity index (χ4v) is 1.28. The Bertz CT molecular complexity index is 544. The highest BCUT2D eigenvalue weighted by atomic mass is 16.6. The number of hydrogen-bond acceptors (Lipinski definition) is 6. The Balaban J connectivity index is 2.01. The van der Waals surface area contributed by atoms with E-state index in [0.717, 1.165) is 0 Å². The van der Waals surface area contributed by atoms with Crippen LogP contribution in [0.3, 0.4) is 0 Å². The molecular formula is C11H14N6O2. The lowest BCUT2D eigenvalue weighted by atomic mass is 10.2. The molecule has 0 atom stereocenters. The molecule has 0 spiro atoms. The Morgan fingerprint density at radius 3 is 2.68 bits per heavy atom. The number of carbonyl (C=O) groups excluding carboxylic acids is 1. The van der Waals surface area contributed by atoms with Crippen molar-refractivity contribution in [1.29, 1.82) is 0 Å². The van der Waals surface area contributed by atoms with E-state index in [0.29, 0.717) is 11.5 Å². The fraction of sp³-hybridized carbons (Fsp3) is 0.364. The van der Waals surface area contributed by atoms with Gasteiger partial charge < -0.3 is 4.74 Å². The van der Waals surface area contributed by atoms with E-state index >= 15 is 0 Å². The summed E-state index contributed by atoms with van der Waals surface area (Å²) in [5.74, 6) is 0.395. The van der Waals surface area contributed by atoms with Crippen molar-refractivity contribution in [2.75, 3.05) is 5.32 Å². The molecule has 0 aromatic carbocycles. The minimum atomic E-state index is -0.546. The van der Waals surface area contributed by atoms with Gasteiger partial charge in [-0.25, -0.2) is 9.78 Å². The molecule has 0 bridgehead atoms. The van der Waals surface area contributed by atoms with Crippen LogP contribution < -0.4 is 5.32 Å². The van der Waals surface area contributed by atoms with Crippen molar-refractivity contribution < 1.29 is 9.53 Å². The highest BCUT2D eigenvalue weighted by Crippen LogP contribution is 2.11. The molecule has 8 nitrogen and oxygen atoms in total. The van der Waals surface area contributed by atoms with Gasteiger partial charge in [-0.3, -0.25) is 5.32 Å². The van der Waals surface area contributed by atoms with E-state index < -0.39 is 11.7 Å². The van der Waals surface area contributed by atoms with Crippen LogP contribution in [0, 0.1) is 0 Å². The zero-order valence-electron chi connectivity index (χ0n) is 10.9. The van der Waals surface area contributed by atoms with Crippen molar-refractivity contribution in [3.05, 3.63) is 24.7 Å². The van der Waals surface area contributed by atoms with Crippen molar-refractivity contribution in [3.63, 3.8) is 0 Å². The van der Waals surface area contributed by atoms with Gasteiger partial charge in [0.05, 0.1) is 11.9 Å². The molecule has 0 saturated heterocycles. The van der Waals surface area contributed by atoms with E-state index in [4.69, 9.17) is 4.74 Å². The fourth-order valence-electron chi connectivity index (χ4n) is 1.28. The Kier molecular flexibility index (Phi) is 3.41. The van der Waals surface area contributed by atoms with Crippen molar-refractivity contribution in [2.45, 2.75) is 26.4 Å². The Morgan fingerprint density at radius 2 is 2.16 bits per heavy atom. The summed E-state index contributed by atoms with van der Waals surface area (Å²) in [4.78, 5) is 15.6. The molecule has 2 heterocycles. The van der Waals surface area contributed by atoms with Crippen molar-refractivity contribution in [2.24, 2.45) is 0 Å². The molecular weight excluding hydrogens is 248 g/mol. The summed E-state index contributed by atoms with van der Waals surface area (Å²) in [6.07, 6.45) is 2.45. The van der Waals surface area contributed by atoms with Crippen molar-refractivity contribution in [3.8, 4) is 5.69 Å². The summed E-state index contributed by atoms with van der Waals surface area (Å²) in [5.41, 5.74) is 0.149. The molecule has 0 aliphatic carbocycles. The number of tetrazole rings is 1. The first-order chi connectivity index (χ1) is 8.94. The third-order valence-electron chi connectivity index (χ3n) is 1.99. The number of carbonyl (C=O) groups is 1. The lowest BCUT2D eigenvalue weighted by molar-refractivity contribution is 0.0635. The Morgan fingerprint density at radius 1 is 1.37 bits per heavy atom. The molecule has 19 heavy (non-hydrogen) atoms. The number of ether oxygens (including phenoxy) is 1. The van der Waals surface area contributed by atoms with E-state index in [1.165, 1.54) is 11.0 Å². The molecule has 100 valence electrons. The van der Waals surface area contributed by atoms with Crippen LogP contribution in [0.2, 0.25) is 0 Å². The van der Waals surface area contributed by atoms with Crippen LogP contribution in [0.15, 0.2) is 24.7 Å². The Labute approximate surface area is 109 Å². The summed E-state index contributed by atoms with van der Waals surface area (Å²) in [5, 5.41) is 13.3. The summed E-state index contributed by atoms with van der Waals surface area (Å²) >= 11 is 0. The van der Waals surface area contributed by atoms with Crippen LogP contribution in [0.25, 0.3) is 5.69 Å². The number of pyridine rings is 1. The number of amides is 1. The molecule has 0 unspecified atom stereocenters. The molecule has 2 rings (SSSR count). The number of nitrogens with zero attached hydrogens (tertiary/aromatic N) is 5. The predicted octanol–water partition coefficient (Wildman–Crippen LogP) is 1.40. The average Bonchev–Trinajstić information content (AvgIpc) is 2.80. The molecule has 0 radical (unpaired) electrons. The highest BCUT2D eigenvalue weighted by molar-refractivity contribution is 5.83. The first kappa shape index (κ1) is 12.9. The van der Waals surface area contributed by atoms with Gasteiger partial charge in [-0.1, -0.05) is 0 Å². The first-order valence-electron chi connectivity index (χ1n) is 5.63. The summed E-state index contributed by atoms with van der Waals surface area (Å²) in [7, 11) is 0. The summed E-state index contributed by atoms with van der Waals surface area (Å²) < 4.78 is 6.58. The largest absolute Gasteiger partial charge is 0.444 e. The lowest BCUT2D eigenvalue weighted by Crippen LogP contribution is -2.27. The third kappa shape index (κ3) is 3.73. The van der Waals surface area contributed by atoms with Gasteiger partial charge in [-0.2, -0.15) is 4.68 Å². The number of nitrogens with one attached hydrogen (secondary N) is 1. The van der Waals surface area contributed by atoms with E-state index in [2.05, 4.69) is 25.8 Å². The van der Waals surface area contributed by atoms with Gasteiger partial charge in [0, 0.05) is 0 Å². The predicted molar refractivity (Wildman–Crippen MR) is 66.8 cm³/mol. The maximum Gasteiger partial charge on any atom is 0.413 e. The van der Waals surface area contributed by atoms with Crippen LogP contribution in [0.5, 0.6) is 0 Å². The Hall–Kier alpha value is -2.51. The number of aromatic nitrogens is 5. The molecule has 8 heteroatoms. The summed E-state index contributed by atoms with van der Waals surface area (Å²) in [6, 6.07) is 3.37. The van der Waals surface area contributed by atoms with E-state index in [9.17, 15) is 4.79 Å². The number of hydrogen-bond donors (Lipinski definition) is 1. The van der Waals surface area contributed by atoms with Gasteiger partial charge in [0.1, 0.15) is 17.7 Å². The average molecular weight is 262 g/mol. The molecule has 0 fully saturated rings. The van der Waals surface area contributed by atoms with Crippen molar-refractivity contribution >= 4 is 11.9 Å².